The van der Waals surface area contributed by atoms with Crippen molar-refractivity contribution in [2.24, 2.45) is 10.9 Å². The average molecular weight is 572 g/mol. The average Bonchev–Trinajstić information content (AvgIpc) is 3.04. The molecule has 0 spiro atoms. The van der Waals surface area contributed by atoms with E-state index in [1.165, 1.54) is 5.38 Å². The number of thiazole rings is 1. The van der Waals surface area contributed by atoms with Gasteiger partial charge in [0.15, 0.2) is 17.5 Å². The Morgan fingerprint density at radius 2 is 1.89 bits per heavy atom. The topological polar surface area (TPSA) is 237 Å². The number of carbonyl (C=O) groups is 4. The summed E-state index contributed by atoms with van der Waals surface area (Å²) in [6.07, 6.45) is 2.53. The SMILES string of the molecule is NC(=O)OC[C@@H]1[C@H](NC(=O)/C(=N\OCC(=O)N2CCCCCC2)c2csc(N)n2)C(=O)N1S(=O)(=O)O.[NaH]. The number of hydrogen-bond donors (Lipinski definition) is 4. The molecule has 0 saturated carbocycles. The summed E-state index contributed by atoms with van der Waals surface area (Å²) in [4.78, 5) is 59.3. The van der Waals surface area contributed by atoms with Crippen LogP contribution >= 0.6 is 11.3 Å². The van der Waals surface area contributed by atoms with Crippen molar-refractivity contribution in [2.45, 2.75) is 37.8 Å². The maximum absolute atomic E-state index is 13.0. The van der Waals surface area contributed by atoms with Crippen molar-refractivity contribution >= 4 is 85.9 Å². The summed E-state index contributed by atoms with van der Waals surface area (Å²) in [6.45, 7) is -0.0114. The van der Waals surface area contributed by atoms with Gasteiger partial charge in [-0.15, -0.1) is 11.3 Å². The van der Waals surface area contributed by atoms with Crippen molar-refractivity contribution in [3.05, 3.63) is 11.1 Å². The van der Waals surface area contributed by atoms with E-state index in [1.807, 2.05) is 0 Å². The van der Waals surface area contributed by atoms with Crippen LogP contribution in [0.25, 0.3) is 0 Å². The van der Waals surface area contributed by atoms with E-state index in [4.69, 9.17) is 16.3 Å². The van der Waals surface area contributed by atoms with Gasteiger partial charge < -0.3 is 31.3 Å². The maximum atomic E-state index is 13.0. The number of hydrogen-bond acceptors (Lipinski definition) is 12. The molecule has 4 amide bonds. The van der Waals surface area contributed by atoms with Crippen LogP contribution in [0.4, 0.5) is 9.93 Å². The zero-order chi connectivity index (χ0) is 26.5. The predicted octanol–water partition coefficient (Wildman–Crippen LogP) is -2.21. The first kappa shape index (κ1) is 30.7. The van der Waals surface area contributed by atoms with Gasteiger partial charge >= 0.3 is 46.0 Å². The quantitative estimate of drug-likeness (QED) is 0.0815. The number of primary amides is 1. The number of aromatic nitrogens is 1. The third-order valence-corrected chi connectivity index (χ3v) is 7.00. The van der Waals surface area contributed by atoms with Gasteiger partial charge in [0, 0.05) is 18.5 Å². The van der Waals surface area contributed by atoms with E-state index in [1.54, 1.807) is 4.90 Å². The summed E-state index contributed by atoms with van der Waals surface area (Å²) in [6, 6.07) is -3.00. The molecular weight excluding hydrogens is 545 g/mol. The Kier molecular flexibility index (Phi) is 11.1. The van der Waals surface area contributed by atoms with E-state index in [2.05, 4.69) is 20.2 Å². The van der Waals surface area contributed by atoms with Crippen LogP contribution in [0.5, 0.6) is 0 Å². The van der Waals surface area contributed by atoms with Crippen molar-refractivity contribution in [3.8, 4) is 0 Å². The molecule has 1 aromatic rings. The summed E-state index contributed by atoms with van der Waals surface area (Å²) < 4.78 is 36.8. The minimum atomic E-state index is -5.01. The Morgan fingerprint density at radius 1 is 1.24 bits per heavy atom. The van der Waals surface area contributed by atoms with Gasteiger partial charge in [-0.1, -0.05) is 18.0 Å². The Hall–Kier alpha value is -2.51. The van der Waals surface area contributed by atoms with Gasteiger partial charge in [-0.3, -0.25) is 18.9 Å². The number of anilines is 1. The van der Waals surface area contributed by atoms with E-state index in [0.717, 1.165) is 37.0 Å². The first-order valence-corrected chi connectivity index (χ1v) is 13.0. The number of likely N-dealkylation sites (tertiary alicyclic amines) is 1. The molecule has 0 aliphatic carbocycles. The fourth-order valence-electron chi connectivity index (χ4n) is 3.67. The molecule has 0 aromatic carbocycles. The predicted molar refractivity (Wildman–Crippen MR) is 131 cm³/mol. The van der Waals surface area contributed by atoms with E-state index in [0.29, 0.717) is 13.1 Å². The number of carbonyl (C=O) groups excluding carboxylic acids is 4. The van der Waals surface area contributed by atoms with E-state index in [9.17, 15) is 32.1 Å². The number of nitrogen functional groups attached to an aromatic ring is 1. The number of amides is 4. The van der Waals surface area contributed by atoms with Crippen LogP contribution in [-0.2, 0) is 34.3 Å². The molecule has 3 rings (SSSR count). The van der Waals surface area contributed by atoms with Gasteiger partial charge in [0.2, 0.25) is 0 Å². The van der Waals surface area contributed by atoms with Crippen LogP contribution in [0.1, 0.15) is 31.4 Å². The number of ether oxygens (including phenoxy) is 1. The summed E-state index contributed by atoms with van der Waals surface area (Å²) in [5.74, 6) is -2.54. The Bertz CT molecular complexity index is 1150. The van der Waals surface area contributed by atoms with Gasteiger partial charge in [-0.25, -0.2) is 14.1 Å². The molecule has 2 atom stereocenters. The fourth-order valence-corrected chi connectivity index (χ4v) is 5.08. The van der Waals surface area contributed by atoms with Crippen molar-refractivity contribution in [1.82, 2.24) is 19.5 Å². The molecule has 3 heterocycles. The second kappa shape index (κ2) is 13.3. The Labute approximate surface area is 237 Å². The third-order valence-electron chi connectivity index (χ3n) is 5.38. The van der Waals surface area contributed by atoms with Gasteiger partial charge in [0.1, 0.15) is 24.4 Å². The van der Waals surface area contributed by atoms with E-state index >= 15 is 0 Å². The van der Waals surface area contributed by atoms with Crippen LogP contribution < -0.4 is 16.8 Å². The third kappa shape index (κ3) is 7.99. The van der Waals surface area contributed by atoms with Crippen LogP contribution in [-0.4, -0.2) is 125 Å². The molecule has 16 nitrogen and oxygen atoms in total. The van der Waals surface area contributed by atoms with Crippen molar-refractivity contribution in [3.63, 3.8) is 0 Å². The van der Waals surface area contributed by atoms with Crippen molar-refractivity contribution < 1.29 is 41.7 Å². The van der Waals surface area contributed by atoms with E-state index in [-0.39, 0.29) is 50.6 Å². The second-order valence-electron chi connectivity index (χ2n) is 7.84. The molecule has 19 heteroatoms. The monoisotopic (exact) mass is 571 g/mol. The van der Waals surface area contributed by atoms with Crippen LogP contribution in [0, 0.1) is 0 Å². The Balaban J connectivity index is 0.00000481. The molecule has 2 saturated heterocycles. The molecule has 0 radical (unpaired) electrons. The summed E-state index contributed by atoms with van der Waals surface area (Å²) in [5.41, 5.74) is 10.0. The van der Waals surface area contributed by atoms with Crippen molar-refractivity contribution in [2.75, 3.05) is 32.0 Å². The standard InChI is InChI=1S/C18H25N7O9S2.Na.H/c19-17-21-10(9-35-17)13(23-34-8-12(26)24-5-3-1-2-4-6-24)15(27)22-14-11(7-33-18(20)29)25(16(14)28)36(30,31)32;;/h9,11,14H,1-8H2,(H2,19,21)(H2,20,29)(H,22,27)(H,30,31,32);;/b23-13-;;/t11-,14+;;/m1../s1. The number of β-lactam (4-membered cyclic amide) rings is 1. The van der Waals surface area contributed by atoms with Gasteiger partial charge in [-0.2, -0.15) is 8.42 Å². The molecule has 2 fully saturated rings. The second-order valence-corrected chi connectivity index (χ2v) is 10.0. The first-order chi connectivity index (χ1) is 17.0. The molecule has 1 aromatic heterocycles. The van der Waals surface area contributed by atoms with Crippen LogP contribution in [0.2, 0.25) is 0 Å². The Morgan fingerprint density at radius 3 is 2.43 bits per heavy atom. The molecule has 6 N–H and O–H groups in total. The number of nitrogens with zero attached hydrogens (tertiary/aromatic N) is 4. The van der Waals surface area contributed by atoms with Gasteiger partial charge in [-0.05, 0) is 12.8 Å². The van der Waals surface area contributed by atoms with Gasteiger partial charge in [0.05, 0.1) is 0 Å². The number of nitrogens with two attached hydrogens (primary N) is 2. The van der Waals surface area contributed by atoms with Gasteiger partial charge in [0.25, 0.3) is 17.7 Å². The minimum absolute atomic E-state index is 0. The van der Waals surface area contributed by atoms with Crippen molar-refractivity contribution in [1.29, 1.82) is 0 Å². The van der Waals surface area contributed by atoms with E-state index < -0.39 is 59.2 Å². The molecule has 0 bridgehead atoms. The number of rotatable bonds is 9. The molecular formula is C18H26N7NaO9S2. The summed E-state index contributed by atoms with van der Waals surface area (Å²) in [7, 11) is -5.01. The summed E-state index contributed by atoms with van der Waals surface area (Å²) in [5, 5.41) is 7.43. The molecule has 0 unspecified atom stereocenters. The zero-order valence-electron chi connectivity index (χ0n) is 18.9. The molecule has 200 valence electrons. The van der Waals surface area contributed by atoms with Crippen LogP contribution in [0.15, 0.2) is 10.5 Å². The molecule has 37 heavy (non-hydrogen) atoms. The molecule has 2 aliphatic rings. The zero-order valence-corrected chi connectivity index (χ0v) is 20.5. The molecule has 2 aliphatic heterocycles. The van der Waals surface area contributed by atoms with Crippen LogP contribution in [0.3, 0.4) is 0 Å². The first-order valence-electron chi connectivity index (χ1n) is 10.7. The number of oxime groups is 1. The fraction of sp³-hybridized carbons (Fsp3) is 0.556. The number of nitrogens with one attached hydrogen (secondary N) is 1. The summed E-state index contributed by atoms with van der Waals surface area (Å²) >= 11 is 0.986. The normalized spacial score (nSPS) is 20.2.